The topological polar surface area (TPSA) is 81.9 Å². The molecule has 6 nitrogen and oxygen atoms in total. The fourth-order valence-corrected chi connectivity index (χ4v) is 5.47. The summed E-state index contributed by atoms with van der Waals surface area (Å²) in [5.41, 5.74) is 10.3. The molecule has 30 heavy (non-hydrogen) atoms. The number of nitrogens with two attached hydrogens (primary N) is 1. The van der Waals surface area contributed by atoms with Gasteiger partial charge in [0.25, 0.3) is 0 Å². The van der Waals surface area contributed by atoms with Crippen molar-refractivity contribution in [3.8, 4) is 5.75 Å². The van der Waals surface area contributed by atoms with Gasteiger partial charge in [0.2, 0.25) is 5.91 Å². The van der Waals surface area contributed by atoms with Crippen LogP contribution in [0.2, 0.25) is 0 Å². The van der Waals surface area contributed by atoms with Gasteiger partial charge in [0.15, 0.2) is 0 Å². The predicted molar refractivity (Wildman–Crippen MR) is 114 cm³/mol. The molecule has 7 heteroatoms. The van der Waals surface area contributed by atoms with Crippen molar-refractivity contribution in [3.63, 3.8) is 0 Å². The lowest BCUT2D eigenvalue weighted by Gasteiger charge is -2.52. The Morgan fingerprint density at radius 3 is 2.57 bits per heavy atom. The standard InChI is InChI=1S/C23H20N2O4S/c1-28-15-9-7-13(8-10-15)12-29-23(27)19-17-11-16(14-5-3-2-4-6-14)20(17)30-22-18(24)21(26)25(19)22/h2-11,18,20,22H,12,24H2,1H3/t18-,20-,22-/m1/s1. The highest BCUT2D eigenvalue weighted by Crippen LogP contribution is 2.53. The molecule has 1 fully saturated rings. The highest BCUT2D eigenvalue weighted by molar-refractivity contribution is 8.01. The molecule has 0 aromatic heterocycles. The zero-order valence-electron chi connectivity index (χ0n) is 16.3. The molecule has 0 bridgehead atoms. The largest absolute Gasteiger partial charge is 0.497 e. The molecule has 2 aromatic carbocycles. The Kier molecular flexibility index (Phi) is 4.64. The lowest BCUT2D eigenvalue weighted by molar-refractivity contribution is -0.151. The Morgan fingerprint density at radius 1 is 1.13 bits per heavy atom. The minimum Gasteiger partial charge on any atom is -0.497 e. The van der Waals surface area contributed by atoms with Crippen molar-refractivity contribution in [3.05, 3.63) is 83.1 Å². The van der Waals surface area contributed by atoms with Gasteiger partial charge in [-0.1, -0.05) is 42.5 Å². The molecule has 1 saturated heterocycles. The van der Waals surface area contributed by atoms with Crippen molar-refractivity contribution in [2.75, 3.05) is 7.11 Å². The van der Waals surface area contributed by atoms with Crippen molar-refractivity contribution in [1.82, 2.24) is 4.90 Å². The van der Waals surface area contributed by atoms with E-state index in [2.05, 4.69) is 0 Å². The first-order valence-corrected chi connectivity index (χ1v) is 10.6. The number of fused-ring (bicyclic) bond motifs is 2. The summed E-state index contributed by atoms with van der Waals surface area (Å²) in [7, 11) is 1.60. The van der Waals surface area contributed by atoms with Gasteiger partial charge in [0.05, 0.1) is 12.4 Å². The monoisotopic (exact) mass is 420 g/mol. The summed E-state index contributed by atoms with van der Waals surface area (Å²) in [4.78, 5) is 26.9. The average molecular weight is 420 g/mol. The van der Waals surface area contributed by atoms with Crippen LogP contribution in [0.4, 0.5) is 0 Å². The van der Waals surface area contributed by atoms with Gasteiger partial charge in [-0.3, -0.25) is 9.69 Å². The van der Waals surface area contributed by atoms with Crippen molar-refractivity contribution in [1.29, 1.82) is 0 Å². The third-order valence-electron chi connectivity index (χ3n) is 5.58. The zero-order chi connectivity index (χ0) is 20.8. The van der Waals surface area contributed by atoms with E-state index in [1.54, 1.807) is 18.9 Å². The molecule has 2 aliphatic heterocycles. The quantitative estimate of drug-likeness (QED) is 0.592. The van der Waals surface area contributed by atoms with Gasteiger partial charge in [-0.15, -0.1) is 11.8 Å². The lowest BCUT2D eigenvalue weighted by Crippen LogP contribution is -2.69. The number of benzene rings is 2. The number of nitrogens with zero attached hydrogens (tertiary/aromatic N) is 1. The molecule has 0 saturated carbocycles. The van der Waals surface area contributed by atoms with Gasteiger partial charge < -0.3 is 15.2 Å². The summed E-state index contributed by atoms with van der Waals surface area (Å²) in [6, 6.07) is 16.7. The molecule has 152 valence electrons. The molecule has 0 unspecified atom stereocenters. The number of ether oxygens (including phenoxy) is 2. The fraction of sp³-hybridized carbons (Fsp3) is 0.217. The highest BCUT2D eigenvalue weighted by Gasteiger charge is 2.56. The number of allylic oxidation sites excluding steroid dienone is 1. The zero-order valence-corrected chi connectivity index (χ0v) is 17.1. The summed E-state index contributed by atoms with van der Waals surface area (Å²) < 4.78 is 10.7. The van der Waals surface area contributed by atoms with Crippen LogP contribution >= 0.6 is 11.8 Å². The molecule has 5 rings (SSSR count). The molecule has 3 aliphatic rings. The first-order valence-electron chi connectivity index (χ1n) is 9.64. The molecular weight excluding hydrogens is 400 g/mol. The Labute approximate surface area is 178 Å². The van der Waals surface area contributed by atoms with E-state index in [0.29, 0.717) is 5.70 Å². The van der Waals surface area contributed by atoms with E-state index in [1.807, 2.05) is 60.7 Å². The van der Waals surface area contributed by atoms with Crippen LogP contribution in [0.15, 0.2) is 71.9 Å². The number of rotatable bonds is 5. The second-order valence-corrected chi connectivity index (χ2v) is 8.56. The van der Waals surface area contributed by atoms with E-state index >= 15 is 0 Å². The summed E-state index contributed by atoms with van der Waals surface area (Å²) >= 11 is 1.62. The minimum absolute atomic E-state index is 0.0105. The van der Waals surface area contributed by atoms with E-state index in [0.717, 1.165) is 28.0 Å². The predicted octanol–water partition coefficient (Wildman–Crippen LogP) is 2.70. The van der Waals surface area contributed by atoms with Gasteiger partial charge in [-0.05, 0) is 34.9 Å². The van der Waals surface area contributed by atoms with Gasteiger partial charge in [-0.25, -0.2) is 4.79 Å². The second-order valence-electron chi connectivity index (χ2n) is 7.33. The molecule has 1 aliphatic carbocycles. The Bertz CT molecular complexity index is 1080. The first-order chi connectivity index (χ1) is 14.6. The van der Waals surface area contributed by atoms with Crippen LogP contribution in [0.25, 0.3) is 5.57 Å². The molecule has 3 atom stereocenters. The van der Waals surface area contributed by atoms with E-state index in [4.69, 9.17) is 15.2 Å². The van der Waals surface area contributed by atoms with Gasteiger partial charge in [0, 0.05) is 5.57 Å². The molecule has 2 N–H and O–H groups in total. The fourth-order valence-electron chi connectivity index (χ4n) is 3.90. The van der Waals surface area contributed by atoms with E-state index in [-0.39, 0.29) is 23.1 Å². The number of hydrogen-bond acceptors (Lipinski definition) is 6. The van der Waals surface area contributed by atoms with Gasteiger partial charge >= 0.3 is 5.97 Å². The maximum Gasteiger partial charge on any atom is 0.355 e. The van der Waals surface area contributed by atoms with Crippen LogP contribution in [0, 0.1) is 0 Å². The Morgan fingerprint density at radius 2 is 1.87 bits per heavy atom. The molecule has 1 amide bonds. The normalized spacial score (nSPS) is 24.2. The number of amides is 1. The number of methoxy groups -OCH3 is 1. The van der Waals surface area contributed by atoms with Crippen LogP contribution in [-0.4, -0.2) is 40.6 Å². The maximum absolute atomic E-state index is 13.0. The summed E-state index contributed by atoms with van der Waals surface area (Å²) in [5.74, 6) is -0.00524. The number of carbonyl (C=O) groups is 2. The van der Waals surface area contributed by atoms with Crippen LogP contribution in [0.3, 0.4) is 0 Å². The number of hydrogen-bond donors (Lipinski definition) is 1. The molecular formula is C23H20N2O4S. The molecule has 2 aromatic rings. The minimum atomic E-state index is -0.599. The number of esters is 1. The third kappa shape index (κ3) is 2.93. The average Bonchev–Trinajstić information content (AvgIpc) is 2.78. The SMILES string of the molecule is COc1ccc(COC(=O)C2=C3C=C(c4ccccc4)[C@H]3S[C@@H]3[C@H](N)C(=O)N23)cc1. The maximum atomic E-state index is 13.0. The van der Waals surface area contributed by atoms with Crippen molar-refractivity contribution >= 4 is 29.2 Å². The van der Waals surface area contributed by atoms with Crippen LogP contribution in [0.1, 0.15) is 11.1 Å². The Balaban J connectivity index is 1.42. The van der Waals surface area contributed by atoms with Crippen LogP contribution < -0.4 is 10.5 Å². The number of carbonyl (C=O) groups excluding carboxylic acids is 2. The van der Waals surface area contributed by atoms with E-state index in [9.17, 15) is 9.59 Å². The number of thioether (sulfide) groups is 1. The van der Waals surface area contributed by atoms with Crippen molar-refractivity contribution < 1.29 is 19.1 Å². The summed E-state index contributed by atoms with van der Waals surface area (Å²) in [6.07, 6.45) is 1.98. The summed E-state index contributed by atoms with van der Waals surface area (Å²) in [5, 5.41) is -0.237. The van der Waals surface area contributed by atoms with E-state index in [1.165, 1.54) is 4.90 Å². The summed E-state index contributed by atoms with van der Waals surface area (Å²) in [6.45, 7) is 0.116. The first kappa shape index (κ1) is 19.0. The highest BCUT2D eigenvalue weighted by atomic mass is 32.2. The van der Waals surface area contributed by atoms with Crippen molar-refractivity contribution in [2.45, 2.75) is 23.3 Å². The molecule has 0 spiro atoms. The lowest BCUT2D eigenvalue weighted by atomic mass is 9.84. The second kappa shape index (κ2) is 7.34. The van der Waals surface area contributed by atoms with Crippen LogP contribution in [-0.2, 0) is 20.9 Å². The third-order valence-corrected chi connectivity index (χ3v) is 7.14. The number of β-lactam (4-membered cyclic amide) rings is 1. The van der Waals surface area contributed by atoms with Gasteiger partial charge in [-0.2, -0.15) is 0 Å². The van der Waals surface area contributed by atoms with E-state index < -0.39 is 12.0 Å². The van der Waals surface area contributed by atoms with Gasteiger partial charge in [0.1, 0.15) is 29.5 Å². The Hall–Kier alpha value is -3.03. The van der Waals surface area contributed by atoms with Crippen LogP contribution in [0.5, 0.6) is 5.75 Å². The smallest absolute Gasteiger partial charge is 0.355 e. The molecule has 2 heterocycles. The van der Waals surface area contributed by atoms with Crippen molar-refractivity contribution in [2.24, 2.45) is 5.73 Å². The molecule has 0 radical (unpaired) electrons.